The summed E-state index contributed by atoms with van der Waals surface area (Å²) in [6, 6.07) is 6.55. The molecule has 1 aromatic carbocycles. The van der Waals surface area contributed by atoms with E-state index < -0.39 is 5.91 Å². The maximum atomic E-state index is 12.3. The Bertz CT molecular complexity index is 662. The molecule has 6 nitrogen and oxygen atoms in total. The van der Waals surface area contributed by atoms with E-state index in [4.69, 9.17) is 27.9 Å². The fourth-order valence-corrected chi connectivity index (χ4v) is 2.30. The van der Waals surface area contributed by atoms with Gasteiger partial charge in [0, 0.05) is 26.3 Å². The minimum absolute atomic E-state index is 0.213. The molecular formula is C15H16Cl2N4O2. The number of para-hydroxylation sites is 1. The van der Waals surface area contributed by atoms with E-state index in [9.17, 15) is 4.79 Å². The van der Waals surface area contributed by atoms with Gasteiger partial charge >= 0.3 is 0 Å². The number of hydrogen-bond acceptors (Lipinski definition) is 5. The predicted molar refractivity (Wildman–Crippen MR) is 91.4 cm³/mol. The lowest BCUT2D eigenvalue weighted by Crippen LogP contribution is -2.15. The minimum atomic E-state index is -0.414. The Morgan fingerprint density at radius 1 is 1.26 bits per heavy atom. The second-order valence-electron chi connectivity index (χ2n) is 4.61. The Hall–Kier alpha value is -1.89. The molecule has 1 aromatic heterocycles. The number of hydrogen-bond donors (Lipinski definition) is 2. The Labute approximate surface area is 144 Å². The van der Waals surface area contributed by atoms with Crippen molar-refractivity contribution in [2.75, 3.05) is 30.9 Å². The first-order chi connectivity index (χ1) is 11.1. The molecule has 122 valence electrons. The maximum Gasteiger partial charge on any atom is 0.274 e. The van der Waals surface area contributed by atoms with Gasteiger partial charge in [0.25, 0.3) is 5.91 Å². The molecule has 0 atom stereocenters. The number of carbonyl (C=O) groups excluding carboxylic acids is 1. The summed E-state index contributed by atoms with van der Waals surface area (Å²) in [6.45, 7) is 1.33. The zero-order chi connectivity index (χ0) is 16.7. The number of methoxy groups -OCH3 is 1. The molecule has 0 aliphatic carbocycles. The highest BCUT2D eigenvalue weighted by molar-refractivity contribution is 6.40. The first kappa shape index (κ1) is 17.5. The van der Waals surface area contributed by atoms with E-state index in [1.807, 2.05) is 0 Å². The molecule has 1 heterocycles. The van der Waals surface area contributed by atoms with Crippen molar-refractivity contribution in [3.8, 4) is 0 Å². The molecule has 0 fully saturated rings. The third-order valence-corrected chi connectivity index (χ3v) is 3.56. The van der Waals surface area contributed by atoms with Crippen LogP contribution in [0.3, 0.4) is 0 Å². The molecule has 23 heavy (non-hydrogen) atoms. The quantitative estimate of drug-likeness (QED) is 0.744. The molecule has 0 unspecified atom stereocenters. The summed E-state index contributed by atoms with van der Waals surface area (Å²) in [5.41, 5.74) is 0.569. The molecule has 0 aliphatic rings. The molecule has 0 spiro atoms. The van der Waals surface area contributed by atoms with Crippen LogP contribution in [0.2, 0.25) is 10.0 Å². The average molecular weight is 355 g/mol. The highest BCUT2D eigenvalue weighted by atomic mass is 35.5. The summed E-state index contributed by atoms with van der Waals surface area (Å²) >= 11 is 12.1. The first-order valence-corrected chi connectivity index (χ1v) is 7.67. The standard InChI is InChI=1S/C15H16Cl2N4O2/c1-23-7-3-6-18-13-8-12(19-9-20-13)15(22)21-14-10(16)4-2-5-11(14)17/h2,4-5,8-9H,3,6-7H2,1H3,(H,21,22)(H,18,19,20). The van der Waals surface area contributed by atoms with Crippen LogP contribution in [-0.2, 0) is 4.74 Å². The van der Waals surface area contributed by atoms with Crippen LogP contribution >= 0.6 is 23.2 Å². The maximum absolute atomic E-state index is 12.3. The van der Waals surface area contributed by atoms with E-state index in [-0.39, 0.29) is 5.69 Å². The van der Waals surface area contributed by atoms with Crippen LogP contribution in [0.5, 0.6) is 0 Å². The number of nitrogens with one attached hydrogen (secondary N) is 2. The summed E-state index contributed by atoms with van der Waals surface area (Å²) in [7, 11) is 1.65. The number of halogens is 2. The highest BCUT2D eigenvalue weighted by Gasteiger charge is 2.13. The first-order valence-electron chi connectivity index (χ1n) is 6.92. The Kier molecular flexibility index (Phi) is 6.58. The van der Waals surface area contributed by atoms with Crippen LogP contribution in [0.4, 0.5) is 11.5 Å². The summed E-state index contributed by atoms with van der Waals surface area (Å²) in [5.74, 6) is 0.147. The average Bonchev–Trinajstić information content (AvgIpc) is 2.55. The third kappa shape index (κ3) is 5.06. The van der Waals surface area contributed by atoms with E-state index in [0.717, 1.165) is 6.42 Å². The number of rotatable bonds is 7. The van der Waals surface area contributed by atoms with Gasteiger partial charge in [0.2, 0.25) is 0 Å². The zero-order valence-corrected chi connectivity index (χ0v) is 14.0. The number of benzene rings is 1. The molecule has 1 amide bonds. The number of anilines is 2. The molecule has 2 rings (SSSR count). The molecule has 2 aromatic rings. The van der Waals surface area contributed by atoms with Gasteiger partial charge in [-0.2, -0.15) is 0 Å². The molecule has 2 N–H and O–H groups in total. The molecule has 0 radical (unpaired) electrons. The van der Waals surface area contributed by atoms with Crippen molar-refractivity contribution in [2.24, 2.45) is 0 Å². The second kappa shape index (κ2) is 8.67. The van der Waals surface area contributed by atoms with E-state index >= 15 is 0 Å². The van der Waals surface area contributed by atoms with Crippen LogP contribution in [0.15, 0.2) is 30.6 Å². The second-order valence-corrected chi connectivity index (χ2v) is 5.43. The van der Waals surface area contributed by atoms with Gasteiger partial charge in [0.15, 0.2) is 0 Å². The summed E-state index contributed by atoms with van der Waals surface area (Å²) < 4.78 is 4.97. The van der Waals surface area contributed by atoms with Crippen molar-refractivity contribution in [3.05, 3.63) is 46.3 Å². The Morgan fingerprint density at radius 2 is 2.00 bits per heavy atom. The third-order valence-electron chi connectivity index (χ3n) is 2.93. The van der Waals surface area contributed by atoms with Gasteiger partial charge in [0.1, 0.15) is 17.8 Å². The lowest BCUT2D eigenvalue weighted by molar-refractivity contribution is 0.102. The number of aromatic nitrogens is 2. The topological polar surface area (TPSA) is 76.1 Å². The van der Waals surface area contributed by atoms with E-state index in [1.54, 1.807) is 31.4 Å². The Balaban J connectivity index is 2.05. The van der Waals surface area contributed by atoms with E-state index in [0.29, 0.717) is 34.7 Å². The van der Waals surface area contributed by atoms with Gasteiger partial charge in [-0.05, 0) is 18.6 Å². The van der Waals surface area contributed by atoms with Crippen LogP contribution < -0.4 is 10.6 Å². The zero-order valence-electron chi connectivity index (χ0n) is 12.5. The van der Waals surface area contributed by atoms with Gasteiger partial charge in [-0.15, -0.1) is 0 Å². The van der Waals surface area contributed by atoms with Crippen molar-refractivity contribution >= 4 is 40.6 Å². The van der Waals surface area contributed by atoms with Crippen molar-refractivity contribution in [1.82, 2.24) is 9.97 Å². The van der Waals surface area contributed by atoms with Gasteiger partial charge in [-0.1, -0.05) is 29.3 Å². The van der Waals surface area contributed by atoms with Gasteiger partial charge < -0.3 is 15.4 Å². The number of carbonyl (C=O) groups is 1. The highest BCUT2D eigenvalue weighted by Crippen LogP contribution is 2.30. The molecule has 0 bridgehead atoms. The van der Waals surface area contributed by atoms with Crippen molar-refractivity contribution in [2.45, 2.75) is 6.42 Å². The lowest BCUT2D eigenvalue weighted by Gasteiger charge is -2.09. The van der Waals surface area contributed by atoms with Crippen molar-refractivity contribution < 1.29 is 9.53 Å². The van der Waals surface area contributed by atoms with Crippen molar-refractivity contribution in [3.63, 3.8) is 0 Å². The smallest absolute Gasteiger partial charge is 0.274 e. The van der Waals surface area contributed by atoms with Crippen molar-refractivity contribution in [1.29, 1.82) is 0 Å². The monoisotopic (exact) mass is 354 g/mol. The normalized spacial score (nSPS) is 10.4. The van der Waals surface area contributed by atoms with Gasteiger partial charge in [-0.25, -0.2) is 9.97 Å². The summed E-state index contributed by atoms with van der Waals surface area (Å²) in [5, 5.41) is 6.47. The lowest BCUT2D eigenvalue weighted by atomic mass is 10.3. The van der Waals surface area contributed by atoms with Crippen LogP contribution in [0.25, 0.3) is 0 Å². The molecule has 8 heteroatoms. The molecule has 0 aliphatic heterocycles. The number of nitrogens with zero attached hydrogens (tertiary/aromatic N) is 2. The fraction of sp³-hybridized carbons (Fsp3) is 0.267. The predicted octanol–water partition coefficient (Wildman–Crippen LogP) is 3.48. The Morgan fingerprint density at radius 3 is 2.70 bits per heavy atom. The largest absolute Gasteiger partial charge is 0.385 e. The SMILES string of the molecule is COCCCNc1cc(C(=O)Nc2c(Cl)cccc2Cl)ncn1. The van der Waals surface area contributed by atoms with Gasteiger partial charge in [-0.3, -0.25) is 4.79 Å². The number of ether oxygens (including phenoxy) is 1. The van der Waals surface area contributed by atoms with Gasteiger partial charge in [0.05, 0.1) is 15.7 Å². The molecule has 0 saturated carbocycles. The van der Waals surface area contributed by atoms with Crippen LogP contribution in [-0.4, -0.2) is 36.1 Å². The minimum Gasteiger partial charge on any atom is -0.385 e. The van der Waals surface area contributed by atoms with E-state index in [2.05, 4.69) is 20.6 Å². The summed E-state index contributed by atoms with van der Waals surface area (Å²) in [4.78, 5) is 20.3. The molecular weight excluding hydrogens is 339 g/mol. The fourth-order valence-electron chi connectivity index (χ4n) is 1.81. The summed E-state index contributed by atoms with van der Waals surface area (Å²) in [6.07, 6.45) is 2.15. The molecule has 0 saturated heterocycles. The van der Waals surface area contributed by atoms with Crippen LogP contribution in [0, 0.1) is 0 Å². The van der Waals surface area contributed by atoms with Crippen LogP contribution in [0.1, 0.15) is 16.9 Å². The van der Waals surface area contributed by atoms with E-state index in [1.165, 1.54) is 6.33 Å². The number of amides is 1.